The van der Waals surface area contributed by atoms with E-state index in [0.717, 1.165) is 17.1 Å². The first-order valence-corrected chi connectivity index (χ1v) is 8.71. The SMILES string of the molecule is NC(=O)CN(C1CCCC1)S(=O)(=O)c1ccc(C(=O)O)s1. The van der Waals surface area contributed by atoms with Gasteiger partial charge in [-0.15, -0.1) is 11.3 Å². The number of carbonyl (C=O) groups excluding carboxylic acids is 1. The summed E-state index contributed by atoms with van der Waals surface area (Å²) in [5, 5.41) is 8.89. The lowest BCUT2D eigenvalue weighted by Gasteiger charge is -2.26. The summed E-state index contributed by atoms with van der Waals surface area (Å²) in [5.41, 5.74) is 5.15. The van der Waals surface area contributed by atoms with Crippen LogP contribution in [0.4, 0.5) is 0 Å². The molecule has 0 spiro atoms. The van der Waals surface area contributed by atoms with Crippen LogP contribution in [-0.4, -0.2) is 42.3 Å². The van der Waals surface area contributed by atoms with Gasteiger partial charge in [-0.1, -0.05) is 12.8 Å². The molecule has 1 fully saturated rings. The van der Waals surface area contributed by atoms with Gasteiger partial charge < -0.3 is 10.8 Å². The first-order valence-electron chi connectivity index (χ1n) is 6.45. The zero-order valence-corrected chi connectivity index (χ0v) is 12.8. The third-order valence-electron chi connectivity index (χ3n) is 3.40. The summed E-state index contributed by atoms with van der Waals surface area (Å²) in [5.74, 6) is -1.90. The highest BCUT2D eigenvalue weighted by atomic mass is 32.2. The van der Waals surface area contributed by atoms with Crippen LogP contribution in [-0.2, 0) is 14.8 Å². The van der Waals surface area contributed by atoms with Gasteiger partial charge in [0.25, 0.3) is 10.0 Å². The minimum atomic E-state index is -3.90. The van der Waals surface area contributed by atoms with E-state index in [1.807, 2.05) is 0 Å². The van der Waals surface area contributed by atoms with Crippen LogP contribution in [0.5, 0.6) is 0 Å². The Balaban J connectivity index is 2.35. The van der Waals surface area contributed by atoms with Crippen molar-refractivity contribution in [3.63, 3.8) is 0 Å². The van der Waals surface area contributed by atoms with E-state index in [0.29, 0.717) is 24.2 Å². The van der Waals surface area contributed by atoms with E-state index in [9.17, 15) is 18.0 Å². The van der Waals surface area contributed by atoms with Gasteiger partial charge >= 0.3 is 5.97 Å². The molecule has 0 aliphatic heterocycles. The van der Waals surface area contributed by atoms with Crippen LogP contribution in [0, 0.1) is 0 Å². The molecule has 2 rings (SSSR count). The second-order valence-corrected chi connectivity index (χ2v) is 8.08. The number of carbonyl (C=O) groups is 2. The van der Waals surface area contributed by atoms with E-state index in [-0.39, 0.29) is 21.7 Å². The second-order valence-electron chi connectivity index (χ2n) is 4.88. The van der Waals surface area contributed by atoms with E-state index < -0.39 is 21.9 Å². The van der Waals surface area contributed by atoms with Crippen molar-refractivity contribution in [3.05, 3.63) is 17.0 Å². The van der Waals surface area contributed by atoms with Crippen LogP contribution in [0.15, 0.2) is 16.3 Å². The number of aromatic carboxylic acids is 1. The minimum Gasteiger partial charge on any atom is -0.477 e. The number of carboxylic acid groups (broad SMARTS) is 1. The van der Waals surface area contributed by atoms with Crippen molar-refractivity contribution in [2.24, 2.45) is 5.73 Å². The van der Waals surface area contributed by atoms with Crippen molar-refractivity contribution < 1.29 is 23.1 Å². The number of nitrogens with zero attached hydrogens (tertiary/aromatic N) is 1. The molecule has 1 saturated carbocycles. The van der Waals surface area contributed by atoms with Gasteiger partial charge in [-0.25, -0.2) is 13.2 Å². The molecule has 0 atom stereocenters. The Morgan fingerprint density at radius 1 is 1.33 bits per heavy atom. The molecule has 0 aromatic carbocycles. The molecule has 0 saturated heterocycles. The van der Waals surface area contributed by atoms with Crippen LogP contribution in [0.1, 0.15) is 35.4 Å². The number of sulfonamides is 1. The topological polar surface area (TPSA) is 118 Å². The normalized spacial score (nSPS) is 16.4. The number of nitrogens with two attached hydrogens (primary N) is 1. The van der Waals surface area contributed by atoms with Crippen LogP contribution >= 0.6 is 11.3 Å². The van der Waals surface area contributed by atoms with E-state index >= 15 is 0 Å². The Labute approximate surface area is 126 Å². The highest BCUT2D eigenvalue weighted by Crippen LogP contribution is 2.31. The number of rotatable bonds is 6. The van der Waals surface area contributed by atoms with Crippen molar-refractivity contribution in [2.75, 3.05) is 6.54 Å². The first kappa shape index (κ1) is 15.9. The maximum absolute atomic E-state index is 12.6. The number of amides is 1. The molecule has 1 aromatic heterocycles. The number of primary amides is 1. The largest absolute Gasteiger partial charge is 0.477 e. The van der Waals surface area contributed by atoms with Gasteiger partial charge in [-0.2, -0.15) is 4.31 Å². The van der Waals surface area contributed by atoms with Crippen molar-refractivity contribution >= 4 is 33.2 Å². The maximum atomic E-state index is 12.6. The molecular weight excluding hydrogens is 316 g/mol. The third kappa shape index (κ3) is 3.42. The molecule has 1 aliphatic rings. The van der Waals surface area contributed by atoms with E-state index in [1.54, 1.807) is 0 Å². The summed E-state index contributed by atoms with van der Waals surface area (Å²) < 4.78 is 26.3. The fourth-order valence-corrected chi connectivity index (χ4v) is 5.37. The summed E-state index contributed by atoms with van der Waals surface area (Å²) >= 11 is 0.681. The van der Waals surface area contributed by atoms with Crippen molar-refractivity contribution in [2.45, 2.75) is 35.9 Å². The third-order valence-corrected chi connectivity index (χ3v) is 6.84. The zero-order valence-electron chi connectivity index (χ0n) is 11.2. The van der Waals surface area contributed by atoms with Crippen molar-refractivity contribution in [1.29, 1.82) is 0 Å². The summed E-state index contributed by atoms with van der Waals surface area (Å²) in [6.07, 6.45) is 3.17. The molecule has 116 valence electrons. The van der Waals surface area contributed by atoms with E-state index in [1.165, 1.54) is 12.1 Å². The first-order chi connectivity index (χ1) is 9.82. The number of hydrogen-bond donors (Lipinski definition) is 2. The van der Waals surface area contributed by atoms with Crippen LogP contribution in [0.2, 0.25) is 0 Å². The maximum Gasteiger partial charge on any atom is 0.345 e. The van der Waals surface area contributed by atoms with E-state index in [4.69, 9.17) is 10.8 Å². The number of hydrogen-bond acceptors (Lipinski definition) is 5. The van der Waals surface area contributed by atoms with E-state index in [2.05, 4.69) is 0 Å². The highest BCUT2D eigenvalue weighted by molar-refractivity contribution is 7.91. The minimum absolute atomic E-state index is 0.0565. The molecule has 0 radical (unpaired) electrons. The number of thiophene rings is 1. The fraction of sp³-hybridized carbons (Fsp3) is 0.500. The predicted molar refractivity (Wildman–Crippen MR) is 76.6 cm³/mol. The molecule has 0 unspecified atom stereocenters. The van der Waals surface area contributed by atoms with Gasteiger partial charge in [0.05, 0.1) is 6.54 Å². The molecule has 1 heterocycles. The average molecular weight is 332 g/mol. The smallest absolute Gasteiger partial charge is 0.345 e. The Morgan fingerprint density at radius 2 is 1.95 bits per heavy atom. The molecule has 21 heavy (non-hydrogen) atoms. The Morgan fingerprint density at radius 3 is 2.43 bits per heavy atom. The van der Waals surface area contributed by atoms with Gasteiger partial charge in [-0.3, -0.25) is 4.79 Å². The second kappa shape index (κ2) is 6.12. The van der Waals surface area contributed by atoms with Gasteiger partial charge in [0, 0.05) is 6.04 Å². The Kier molecular flexibility index (Phi) is 4.64. The van der Waals surface area contributed by atoms with Gasteiger partial charge in [0.2, 0.25) is 5.91 Å². The van der Waals surface area contributed by atoms with Crippen molar-refractivity contribution in [1.82, 2.24) is 4.31 Å². The molecule has 1 aliphatic carbocycles. The molecule has 1 amide bonds. The Hall–Kier alpha value is -1.45. The highest BCUT2D eigenvalue weighted by Gasteiger charge is 2.35. The summed E-state index contributed by atoms with van der Waals surface area (Å²) in [7, 11) is -3.90. The summed E-state index contributed by atoms with van der Waals surface area (Å²) in [4.78, 5) is 22.0. The monoisotopic (exact) mass is 332 g/mol. The summed E-state index contributed by atoms with van der Waals surface area (Å²) in [6, 6.07) is 2.25. The Bertz CT molecular complexity index is 646. The molecule has 3 N–H and O–H groups in total. The van der Waals surface area contributed by atoms with Gasteiger partial charge in [0.1, 0.15) is 9.09 Å². The number of carboxylic acids is 1. The molecule has 0 bridgehead atoms. The lowest BCUT2D eigenvalue weighted by atomic mass is 10.2. The summed E-state index contributed by atoms with van der Waals surface area (Å²) in [6.45, 7) is -0.382. The van der Waals surface area contributed by atoms with Crippen LogP contribution < -0.4 is 5.73 Å². The molecule has 7 nitrogen and oxygen atoms in total. The predicted octanol–water partition coefficient (Wildman–Crippen LogP) is 0.865. The van der Waals surface area contributed by atoms with Crippen LogP contribution in [0.25, 0.3) is 0 Å². The quantitative estimate of drug-likeness (QED) is 0.801. The molecule has 1 aromatic rings. The zero-order chi connectivity index (χ0) is 15.6. The van der Waals surface area contributed by atoms with Crippen molar-refractivity contribution in [3.8, 4) is 0 Å². The fourth-order valence-electron chi connectivity index (χ4n) is 2.45. The molecular formula is C12H16N2O5S2. The lowest BCUT2D eigenvalue weighted by molar-refractivity contribution is -0.118. The average Bonchev–Trinajstić information content (AvgIpc) is 3.06. The van der Waals surface area contributed by atoms with Gasteiger partial charge in [-0.05, 0) is 25.0 Å². The molecule has 9 heteroatoms. The lowest BCUT2D eigenvalue weighted by Crippen LogP contribution is -2.43. The standard InChI is InChI=1S/C12H16N2O5S2/c13-10(15)7-14(8-3-1-2-4-8)21(18,19)11-6-5-9(20-11)12(16)17/h5-6,8H,1-4,7H2,(H2,13,15)(H,16,17). The van der Waals surface area contributed by atoms with Crippen LogP contribution in [0.3, 0.4) is 0 Å². The van der Waals surface area contributed by atoms with Gasteiger partial charge in [0.15, 0.2) is 0 Å².